The summed E-state index contributed by atoms with van der Waals surface area (Å²) in [7, 11) is 0. The first-order valence-electron chi connectivity index (χ1n) is 23.0. The number of benzene rings is 4. The molecule has 0 amide bonds. The Bertz CT molecular complexity index is 2100. The molecule has 0 atom stereocenters. The minimum absolute atomic E-state index is 0. The van der Waals surface area contributed by atoms with Crippen LogP contribution in [0, 0.1) is 13.8 Å². The average Bonchev–Trinajstić information content (AvgIpc) is 4.00. The molecule has 0 bridgehead atoms. The topological polar surface area (TPSA) is 0 Å². The zero-order chi connectivity index (χ0) is 42.9. The summed E-state index contributed by atoms with van der Waals surface area (Å²) in [5.74, 6) is 1.54. The zero-order valence-corrected chi connectivity index (χ0v) is 43.5. The van der Waals surface area contributed by atoms with Crippen molar-refractivity contribution in [2.24, 2.45) is 0 Å². The van der Waals surface area contributed by atoms with Crippen molar-refractivity contribution in [2.45, 2.75) is 174 Å². The summed E-state index contributed by atoms with van der Waals surface area (Å²) in [6.45, 7) is 34.6. The Morgan fingerprint density at radius 2 is 0.726 bits per heavy atom. The van der Waals surface area contributed by atoms with Crippen LogP contribution in [0.4, 0.5) is 0 Å². The van der Waals surface area contributed by atoms with Gasteiger partial charge in [-0.25, -0.2) is 0 Å². The maximum absolute atomic E-state index is 3.38. The Morgan fingerprint density at radius 1 is 0.452 bits per heavy atom. The molecule has 0 N–H and O–H groups in total. The molecule has 0 nitrogen and oxygen atoms in total. The summed E-state index contributed by atoms with van der Waals surface area (Å²) in [5, 5.41) is 5.65. The molecule has 3 heteroatoms. The first-order valence-corrected chi connectivity index (χ1v) is 23.0. The van der Waals surface area contributed by atoms with Crippen molar-refractivity contribution in [3.8, 4) is 22.3 Å². The van der Waals surface area contributed by atoms with Crippen molar-refractivity contribution in [3.05, 3.63) is 144 Å². The molecule has 0 saturated heterocycles. The van der Waals surface area contributed by atoms with E-state index in [0.29, 0.717) is 0 Å². The van der Waals surface area contributed by atoms with Gasteiger partial charge >= 0.3 is 21.7 Å². The molecular formula is C59H76Cl2Ti-4. The molecule has 334 valence electrons. The van der Waals surface area contributed by atoms with Crippen LogP contribution in [-0.4, -0.2) is 0 Å². The van der Waals surface area contributed by atoms with Crippen LogP contribution in [0.15, 0.2) is 97.1 Å². The normalized spacial score (nSPS) is 14.9. The van der Waals surface area contributed by atoms with Gasteiger partial charge < -0.3 is 45.1 Å². The molecule has 2 aliphatic rings. The van der Waals surface area contributed by atoms with Gasteiger partial charge in [-0.05, 0) is 92.6 Å². The first kappa shape index (κ1) is 53.7. The quantitative estimate of drug-likeness (QED) is 0.122. The van der Waals surface area contributed by atoms with E-state index in [0.717, 1.165) is 18.3 Å². The van der Waals surface area contributed by atoms with E-state index in [2.05, 4.69) is 194 Å². The monoisotopic (exact) mass is 902 g/mol. The Balaban J connectivity index is 0.000000297. The van der Waals surface area contributed by atoms with Crippen molar-refractivity contribution in [1.82, 2.24) is 0 Å². The summed E-state index contributed by atoms with van der Waals surface area (Å²) < 4.78 is 0. The fourth-order valence-electron chi connectivity index (χ4n) is 9.31. The predicted octanol–water partition coefficient (Wildman–Crippen LogP) is 12.0. The van der Waals surface area contributed by atoms with E-state index in [1.54, 1.807) is 11.1 Å². The van der Waals surface area contributed by atoms with Crippen LogP contribution in [0.3, 0.4) is 0 Å². The van der Waals surface area contributed by atoms with Gasteiger partial charge in [-0.1, -0.05) is 168 Å². The van der Waals surface area contributed by atoms with Crippen LogP contribution in [0.5, 0.6) is 0 Å². The molecule has 2 aliphatic carbocycles. The van der Waals surface area contributed by atoms with Gasteiger partial charge in [0.25, 0.3) is 0 Å². The van der Waals surface area contributed by atoms with Crippen LogP contribution in [0.1, 0.15) is 186 Å². The van der Waals surface area contributed by atoms with E-state index in [-0.39, 0.29) is 68.2 Å². The van der Waals surface area contributed by atoms with Crippen molar-refractivity contribution in [2.75, 3.05) is 0 Å². The molecule has 2 fully saturated rings. The summed E-state index contributed by atoms with van der Waals surface area (Å²) in [6.07, 6.45) is 11.8. The summed E-state index contributed by atoms with van der Waals surface area (Å²) in [6, 6.07) is 38.1. The average molecular weight is 904 g/mol. The van der Waals surface area contributed by atoms with Gasteiger partial charge in [0.2, 0.25) is 0 Å². The number of halogens is 2. The third kappa shape index (κ3) is 12.8. The van der Waals surface area contributed by atoms with E-state index in [1.165, 1.54) is 117 Å². The molecule has 8 rings (SSSR count). The minimum Gasteiger partial charge on any atom is -1.00 e. The Kier molecular flexibility index (Phi) is 18.7. The van der Waals surface area contributed by atoms with Crippen LogP contribution in [0.25, 0.3) is 43.8 Å². The van der Waals surface area contributed by atoms with E-state index < -0.39 is 0 Å². The standard InChI is InChI=1S/2C28H35.C3H6.2ClH.Ti/c2*1-27(2,3)23-15-22(16-24(18-23)28(4,5)6)25-13-9-12-20-14-21(17-26(20)25)19-10-7-8-11-19;1-3-2;;;/h2*9,12-19H,7-8,10-11H2,1-6H3;1-3H2;2*1H;/q2*-1;-2;;;+2/p-2. The number of hydrogen-bond acceptors (Lipinski definition) is 0. The van der Waals surface area contributed by atoms with E-state index in [4.69, 9.17) is 0 Å². The molecule has 6 aromatic rings. The maximum atomic E-state index is 3.38. The van der Waals surface area contributed by atoms with Gasteiger partial charge in [0.1, 0.15) is 0 Å². The van der Waals surface area contributed by atoms with Gasteiger partial charge in [0.15, 0.2) is 0 Å². The minimum atomic E-state index is 0. The molecule has 0 unspecified atom stereocenters. The van der Waals surface area contributed by atoms with Crippen LogP contribution in [-0.2, 0) is 43.4 Å². The van der Waals surface area contributed by atoms with Crippen molar-refractivity contribution in [3.63, 3.8) is 0 Å². The van der Waals surface area contributed by atoms with Gasteiger partial charge in [0, 0.05) is 0 Å². The molecule has 6 aromatic carbocycles. The molecule has 2 saturated carbocycles. The molecule has 0 aromatic heterocycles. The van der Waals surface area contributed by atoms with Gasteiger partial charge in [-0.15, -0.1) is 69.1 Å². The number of fused-ring (bicyclic) bond motifs is 2. The zero-order valence-electron chi connectivity index (χ0n) is 40.4. The second-order valence-corrected chi connectivity index (χ2v) is 22.1. The third-order valence-electron chi connectivity index (χ3n) is 13.2. The molecule has 0 spiro atoms. The van der Waals surface area contributed by atoms with Gasteiger partial charge in [-0.2, -0.15) is 12.1 Å². The van der Waals surface area contributed by atoms with E-state index in [1.807, 2.05) is 0 Å². The fourth-order valence-corrected chi connectivity index (χ4v) is 9.31. The molecule has 0 aliphatic heterocycles. The Labute approximate surface area is 406 Å². The van der Waals surface area contributed by atoms with E-state index in [9.17, 15) is 0 Å². The maximum Gasteiger partial charge on any atom is 2.00 e. The van der Waals surface area contributed by atoms with Gasteiger partial charge in [-0.3, -0.25) is 0 Å². The van der Waals surface area contributed by atoms with Crippen LogP contribution in [0.2, 0.25) is 0 Å². The molecule has 62 heavy (non-hydrogen) atoms. The Morgan fingerprint density at radius 3 is 0.984 bits per heavy atom. The van der Waals surface area contributed by atoms with Crippen molar-refractivity contribution < 1.29 is 46.5 Å². The molecule has 0 radical (unpaired) electrons. The predicted molar refractivity (Wildman–Crippen MR) is 263 cm³/mol. The fraction of sp³-hybridized carbons (Fsp3) is 0.458. The third-order valence-corrected chi connectivity index (χ3v) is 13.2. The largest absolute Gasteiger partial charge is 2.00 e. The Hall–Kier alpha value is -2.61. The second-order valence-electron chi connectivity index (χ2n) is 22.1. The SMILES string of the molecule is CC(C)(C)c1cc(-c2cccc3[cH-]c(C4CCCC4)cc23)cc(C(C)(C)C)c1.CC(C)(C)c1cc(-c2cccc3[cH-]c(C4CCCC4)cc23)cc(C(C)(C)C)c1.[CH2-]C[CH2-].[Cl-].[Cl-].[Ti+2]. The summed E-state index contributed by atoms with van der Waals surface area (Å²) in [5.41, 5.74) is 14.9. The number of rotatable bonds is 4. The van der Waals surface area contributed by atoms with Crippen molar-refractivity contribution >= 4 is 21.5 Å². The van der Waals surface area contributed by atoms with Crippen LogP contribution < -0.4 is 24.8 Å². The molecular weight excluding hydrogens is 827 g/mol. The smallest absolute Gasteiger partial charge is 1.00 e. The summed E-state index contributed by atoms with van der Waals surface area (Å²) in [4.78, 5) is 0. The second kappa shape index (κ2) is 21.6. The van der Waals surface area contributed by atoms with Crippen molar-refractivity contribution in [1.29, 1.82) is 0 Å². The summed E-state index contributed by atoms with van der Waals surface area (Å²) >= 11 is 0. The molecule has 0 heterocycles. The van der Waals surface area contributed by atoms with Crippen LogP contribution >= 0.6 is 0 Å². The van der Waals surface area contributed by atoms with Gasteiger partial charge in [0.05, 0.1) is 0 Å². The first-order chi connectivity index (χ1) is 27.7. The number of hydrogen-bond donors (Lipinski definition) is 0. The van der Waals surface area contributed by atoms with E-state index >= 15 is 0 Å².